The minimum absolute atomic E-state index is 0. The maximum absolute atomic E-state index is 14.2. The molecule has 3 saturated carbocycles. The molecular weight excluding hydrogens is 996 g/mol. The summed E-state index contributed by atoms with van der Waals surface area (Å²) < 4.78 is 11.6. The molecule has 1 aromatic rings. The molecule has 11 atom stereocenters. The Morgan fingerprint density at radius 3 is 2.32 bits per heavy atom. The number of hydrogen-bond donors (Lipinski definition) is 5. The Hall–Kier alpha value is 0.253. The maximum atomic E-state index is 14.2. The first kappa shape index (κ1) is 37.1. The molecular formula is C32H41Ac2NO9. The fraction of sp³-hybridized carbons (Fsp3) is 0.656. The number of nitrogens with one attached hydrogen (secondary N) is 1. The molecule has 5 aliphatic rings. The van der Waals surface area contributed by atoms with E-state index in [4.69, 9.17) is 9.47 Å². The number of ketones is 1. The van der Waals surface area contributed by atoms with Crippen LogP contribution >= 0.6 is 0 Å². The van der Waals surface area contributed by atoms with Crippen LogP contribution in [0.2, 0.25) is 0 Å². The zero-order valence-electron chi connectivity index (χ0n) is 25.8. The summed E-state index contributed by atoms with van der Waals surface area (Å²) in [7, 11) is 0. The molecule has 2 radical (unpaired) electrons. The number of aliphatic hydroxyl groups is 4. The van der Waals surface area contributed by atoms with Crippen LogP contribution in [0.15, 0.2) is 41.5 Å². The zero-order valence-corrected chi connectivity index (χ0v) is 35.3. The van der Waals surface area contributed by atoms with Crippen LogP contribution in [0.4, 0.5) is 0 Å². The number of hydrogen-bond acceptors (Lipinski definition) is 9. The van der Waals surface area contributed by atoms with Gasteiger partial charge in [-0.25, -0.2) is 4.79 Å². The largest absolute Gasteiger partial charge is 0.456 e. The number of rotatable bonds is 5. The third-order valence-corrected chi connectivity index (χ3v) is 11.5. The molecule has 4 fully saturated rings. The van der Waals surface area contributed by atoms with Gasteiger partial charge in [0.15, 0.2) is 11.9 Å². The van der Waals surface area contributed by atoms with Gasteiger partial charge < -0.3 is 35.2 Å². The average molecular weight is 1040 g/mol. The second-order valence-corrected chi connectivity index (χ2v) is 13.8. The monoisotopic (exact) mass is 1040 g/mol. The average Bonchev–Trinajstić information content (AvgIpc) is 3.66. The molecule has 234 valence electrons. The minimum Gasteiger partial charge on any atom is -0.456 e. The van der Waals surface area contributed by atoms with Gasteiger partial charge in [-0.1, -0.05) is 51.1 Å². The Kier molecular flexibility index (Phi) is 10.6. The Labute approximate surface area is 329 Å². The van der Waals surface area contributed by atoms with Crippen molar-refractivity contribution >= 4 is 17.7 Å². The molecule has 5 N–H and O–H groups in total. The van der Waals surface area contributed by atoms with E-state index in [1.807, 2.05) is 6.92 Å². The number of esters is 1. The Morgan fingerprint density at radius 2 is 1.75 bits per heavy atom. The number of fused-ring (bicyclic) bond motifs is 4. The summed E-state index contributed by atoms with van der Waals surface area (Å²) >= 11 is 0. The van der Waals surface area contributed by atoms with Gasteiger partial charge in [0.2, 0.25) is 5.91 Å². The van der Waals surface area contributed by atoms with E-state index in [1.165, 1.54) is 6.92 Å². The number of carbonyl (C=O) groups is 3. The molecule has 44 heavy (non-hydrogen) atoms. The van der Waals surface area contributed by atoms with Crippen LogP contribution in [0.1, 0.15) is 65.5 Å². The number of aliphatic hydroxyl groups excluding tert-OH is 2. The quantitative estimate of drug-likeness (QED) is 0.217. The number of ether oxygens (including phenoxy) is 2. The van der Waals surface area contributed by atoms with Crippen molar-refractivity contribution in [3.8, 4) is 0 Å². The Balaban J connectivity index is 0.00000221. The molecule has 1 aromatic carbocycles. The van der Waals surface area contributed by atoms with Crippen molar-refractivity contribution in [1.82, 2.24) is 5.32 Å². The second-order valence-electron chi connectivity index (χ2n) is 13.8. The van der Waals surface area contributed by atoms with Crippen LogP contribution in [0.5, 0.6) is 0 Å². The molecule has 0 aromatic heterocycles. The molecule has 10 nitrogen and oxygen atoms in total. The van der Waals surface area contributed by atoms with Crippen LogP contribution in [-0.2, 0) is 23.9 Å². The van der Waals surface area contributed by atoms with E-state index in [2.05, 4.69) is 5.32 Å². The number of amides is 1. The van der Waals surface area contributed by atoms with E-state index in [9.17, 15) is 34.8 Å². The third-order valence-electron chi connectivity index (χ3n) is 11.5. The van der Waals surface area contributed by atoms with E-state index >= 15 is 0 Å². The summed E-state index contributed by atoms with van der Waals surface area (Å²) in [6.07, 6.45) is -3.84. The normalized spacial score (nSPS) is 40.9. The summed E-state index contributed by atoms with van der Waals surface area (Å²) in [6, 6.07) is 7.47. The smallest absolute Gasteiger partial charge is 0.338 e. The predicted octanol–water partition coefficient (Wildman–Crippen LogP) is 1.35. The predicted molar refractivity (Wildman–Crippen MR) is 148 cm³/mol. The van der Waals surface area contributed by atoms with Crippen molar-refractivity contribution in [1.29, 1.82) is 0 Å². The van der Waals surface area contributed by atoms with Gasteiger partial charge in [-0.15, -0.1) is 0 Å². The Bertz CT molecular complexity index is 1370. The van der Waals surface area contributed by atoms with Crippen LogP contribution < -0.4 is 5.32 Å². The number of benzene rings is 1. The molecule has 6 rings (SSSR count). The van der Waals surface area contributed by atoms with E-state index in [1.54, 1.807) is 51.1 Å². The van der Waals surface area contributed by atoms with Crippen LogP contribution in [-0.4, -0.2) is 80.3 Å². The molecule has 4 aliphatic carbocycles. The van der Waals surface area contributed by atoms with Crippen LogP contribution in [0.25, 0.3) is 0 Å². The number of Topliss-reactive ketones (excluding diaryl/α,β-unsaturated/α-hetero) is 1. The van der Waals surface area contributed by atoms with Crippen molar-refractivity contribution in [3.63, 3.8) is 0 Å². The van der Waals surface area contributed by atoms with Gasteiger partial charge in [0.1, 0.15) is 17.8 Å². The summed E-state index contributed by atoms with van der Waals surface area (Å²) in [5, 5.41) is 49.9. The fourth-order valence-corrected chi connectivity index (χ4v) is 9.26. The molecule has 12 heteroatoms. The van der Waals surface area contributed by atoms with Crippen molar-refractivity contribution in [2.24, 2.45) is 28.6 Å². The van der Waals surface area contributed by atoms with E-state index in [0.29, 0.717) is 29.6 Å². The maximum Gasteiger partial charge on any atom is 0.338 e. The topological polar surface area (TPSA) is 163 Å². The van der Waals surface area contributed by atoms with E-state index < -0.39 is 76.2 Å². The third kappa shape index (κ3) is 5.23. The van der Waals surface area contributed by atoms with Gasteiger partial charge in [0.05, 0.1) is 24.4 Å². The molecule has 1 amide bonds. The van der Waals surface area contributed by atoms with Gasteiger partial charge in [-0.05, 0) is 48.3 Å². The van der Waals surface area contributed by atoms with Gasteiger partial charge in [0.25, 0.3) is 0 Å². The minimum atomic E-state index is -1.77. The summed E-state index contributed by atoms with van der Waals surface area (Å²) in [5.74, 6) is -3.16. The molecule has 1 aliphatic heterocycles. The van der Waals surface area contributed by atoms with Gasteiger partial charge in [-0.3, -0.25) is 9.59 Å². The zero-order chi connectivity index (χ0) is 30.6. The second kappa shape index (κ2) is 12.6. The number of carbonyl (C=O) groups excluding carboxylic acids is 3. The summed E-state index contributed by atoms with van der Waals surface area (Å²) in [5.41, 5.74) is -3.73. The summed E-state index contributed by atoms with van der Waals surface area (Å²) in [4.78, 5) is 39.6. The van der Waals surface area contributed by atoms with E-state index in [0.717, 1.165) is 0 Å². The van der Waals surface area contributed by atoms with Gasteiger partial charge >= 0.3 is 5.97 Å². The molecule has 1 heterocycles. The van der Waals surface area contributed by atoms with Crippen molar-refractivity contribution in [3.05, 3.63) is 47.0 Å². The first-order chi connectivity index (χ1) is 19.6. The Morgan fingerprint density at radius 1 is 1.11 bits per heavy atom. The molecule has 1 saturated heterocycles. The molecule has 2 bridgehead atoms. The van der Waals surface area contributed by atoms with Crippen molar-refractivity contribution in [2.45, 2.75) is 95.5 Å². The van der Waals surface area contributed by atoms with Crippen molar-refractivity contribution in [2.75, 3.05) is 6.61 Å². The fourth-order valence-electron chi connectivity index (χ4n) is 9.26. The molecule has 7 unspecified atom stereocenters. The first-order valence-electron chi connectivity index (χ1n) is 14.8. The standard InChI is InChI=1S/C32H41NO9.2Ac/c1-15-20(42-28(38)25(36)23(33-17(3)34)18-9-7-6-8-10-18)13-32(40)16(2)26-30(27(37)24(35)22(15)29(32,4)5)12-19(30)11-21-31(26,39)14-41-21;;/h6-10,16,19-21,23-26,35-36,39-40H,11-14H2,1-5H3,(H,33,34);;/t16-,19+,20?,21?,23?,24?,25?,26?,30+,31-,32?;;/m0../s1. The first-order valence-corrected chi connectivity index (χ1v) is 14.8. The van der Waals surface area contributed by atoms with Crippen LogP contribution in [0, 0.1) is 117 Å². The van der Waals surface area contributed by atoms with Gasteiger partial charge in [0, 0.05) is 118 Å². The van der Waals surface area contributed by atoms with Crippen molar-refractivity contribution < 1.29 is 132 Å². The van der Waals surface area contributed by atoms with E-state index in [-0.39, 0.29) is 113 Å². The van der Waals surface area contributed by atoms with Gasteiger partial charge in [-0.2, -0.15) is 0 Å². The molecule has 1 spiro atoms. The summed E-state index contributed by atoms with van der Waals surface area (Å²) in [6.45, 7) is 8.40. The van der Waals surface area contributed by atoms with Crippen LogP contribution in [0.3, 0.4) is 0 Å². The SMILES string of the molecule is CC(=O)NC(c1ccccc1)C(O)C(=O)OC1CC2(O)[C@@H](C)C3[C@]4(O)COC4C[C@@H]4C[C@]34C(=O)C(O)C(=C1C)C2(C)C.[Ac].[Ac].